The Morgan fingerprint density at radius 2 is 1.16 bits per heavy atom. The molecule has 0 saturated carbocycles. The number of hydrogen-bond donors (Lipinski definition) is 12. The molecule has 69 heavy (non-hydrogen) atoms. The second kappa shape index (κ2) is 31.3. The molecule has 0 bridgehead atoms. The van der Waals surface area contributed by atoms with Gasteiger partial charge in [-0.1, -0.05) is 78.3 Å². The molecule has 13 N–H and O–H groups in total. The molecule has 10 atom stereocenters. The highest BCUT2D eigenvalue weighted by Crippen LogP contribution is 2.15. The van der Waals surface area contributed by atoms with E-state index in [0.29, 0.717) is 17.7 Å². The number of carboxylic acid groups (broad SMARTS) is 3. The maximum atomic E-state index is 13.8. The Balaban J connectivity index is 3.16. The zero-order valence-corrected chi connectivity index (χ0v) is 41.6. The van der Waals surface area contributed by atoms with Gasteiger partial charge in [0.15, 0.2) is 0 Å². The lowest BCUT2D eigenvalue weighted by atomic mass is 9.95. The van der Waals surface area contributed by atoms with Crippen LogP contribution in [0.2, 0.25) is 0 Å². The molecule has 0 radical (unpaired) electrons. The summed E-state index contributed by atoms with van der Waals surface area (Å²) in [7, 11) is 0. The smallest absolute Gasteiger partial charge is 0.326 e. The van der Waals surface area contributed by atoms with E-state index < -0.39 is 145 Å². The van der Waals surface area contributed by atoms with Gasteiger partial charge in [0.25, 0.3) is 0 Å². The van der Waals surface area contributed by atoms with Crippen molar-refractivity contribution in [3.05, 3.63) is 35.9 Å². The first-order valence-corrected chi connectivity index (χ1v) is 24.4. The van der Waals surface area contributed by atoms with Crippen LogP contribution in [0.3, 0.4) is 0 Å². The fourth-order valence-electron chi connectivity index (χ4n) is 6.87. The van der Waals surface area contributed by atoms with Gasteiger partial charge in [-0.05, 0) is 67.9 Å². The minimum absolute atomic E-state index is 0.0978. The summed E-state index contributed by atoms with van der Waals surface area (Å²) in [4.78, 5) is 128. The third kappa shape index (κ3) is 23.4. The van der Waals surface area contributed by atoms with Gasteiger partial charge in [-0.3, -0.25) is 43.2 Å². The number of benzene rings is 1. The summed E-state index contributed by atoms with van der Waals surface area (Å²) < 4.78 is 0. The maximum absolute atomic E-state index is 13.8. The molecule has 1 aromatic rings. The number of carboxylic acids is 3. The third-order valence-electron chi connectivity index (χ3n) is 11.1. The molecule has 0 spiro atoms. The predicted octanol–water partition coefficient (Wildman–Crippen LogP) is 0.0364. The van der Waals surface area contributed by atoms with Crippen molar-refractivity contribution in [3.63, 3.8) is 0 Å². The summed E-state index contributed by atoms with van der Waals surface area (Å²) in [5.41, 5.74) is 6.45. The van der Waals surface area contributed by atoms with E-state index in [1.807, 2.05) is 13.8 Å². The number of carbonyl (C=O) groups is 10. The molecule has 388 valence electrons. The highest BCUT2D eigenvalue weighted by Gasteiger charge is 2.35. The summed E-state index contributed by atoms with van der Waals surface area (Å²) in [5, 5.41) is 57.3. The molecule has 0 aliphatic heterocycles. The molecule has 0 aliphatic rings. The van der Waals surface area contributed by atoms with Gasteiger partial charge in [0, 0.05) is 19.3 Å². The van der Waals surface area contributed by atoms with Crippen LogP contribution in [-0.2, 0) is 54.4 Å². The van der Waals surface area contributed by atoms with Crippen LogP contribution >= 0.6 is 11.8 Å². The number of nitrogens with one attached hydrogen (secondary N) is 7. The number of thioether (sulfide) groups is 1. The van der Waals surface area contributed by atoms with Gasteiger partial charge >= 0.3 is 17.9 Å². The van der Waals surface area contributed by atoms with Gasteiger partial charge in [-0.15, -0.1) is 0 Å². The fraction of sp³-hybridized carbons (Fsp3) is 0.652. The van der Waals surface area contributed by atoms with E-state index >= 15 is 0 Å². The standard InChI is InChI=1S/C46H74N8O14S/c1-9-26(6)39(45(66)48-27(7)40(61)49-30(16-18-37(59)60)42(63)52-33(46(67)68)22-28-13-11-10-12-14-28)53-35(56)23-34(55)32(21-24(2)3)51-43(64)31(19-20-69-8)50-44(65)38(25(4)5)54-41(62)29(47)15-17-36(57)58/h10-14,24-27,29-34,38-39,55H,9,15-23,47H2,1-8H3,(H,48,66)(H,49,61)(H,50,65)(H,51,64)(H,52,63)(H,53,56)(H,54,62)(H,57,58)(H,59,60)(H,67,68)/t26-,27-,29-,30-,31-,32-,33-,34-,38-,39-/m0/s1. The zero-order chi connectivity index (χ0) is 52.5. The highest BCUT2D eigenvalue weighted by atomic mass is 32.2. The van der Waals surface area contributed by atoms with Crippen molar-refractivity contribution in [2.75, 3.05) is 12.0 Å². The number of aliphatic carboxylic acids is 3. The van der Waals surface area contributed by atoms with Crippen LogP contribution in [0.4, 0.5) is 0 Å². The first kappa shape index (κ1) is 61.2. The van der Waals surface area contributed by atoms with Crippen molar-refractivity contribution in [2.45, 2.75) is 161 Å². The highest BCUT2D eigenvalue weighted by molar-refractivity contribution is 7.98. The van der Waals surface area contributed by atoms with E-state index in [1.54, 1.807) is 64.3 Å². The molecule has 1 aromatic carbocycles. The van der Waals surface area contributed by atoms with Crippen LogP contribution in [0.5, 0.6) is 0 Å². The van der Waals surface area contributed by atoms with E-state index in [1.165, 1.54) is 18.7 Å². The average molecular weight is 995 g/mol. The van der Waals surface area contributed by atoms with Crippen LogP contribution in [0.15, 0.2) is 30.3 Å². The molecule has 0 aliphatic carbocycles. The number of amides is 7. The molecule has 1 rings (SSSR count). The van der Waals surface area contributed by atoms with Crippen LogP contribution in [0, 0.1) is 17.8 Å². The van der Waals surface area contributed by atoms with Gasteiger partial charge in [-0.25, -0.2) is 4.79 Å². The largest absolute Gasteiger partial charge is 0.481 e. The summed E-state index contributed by atoms with van der Waals surface area (Å²) in [5.74, 6) is -9.99. The summed E-state index contributed by atoms with van der Waals surface area (Å²) in [6.45, 7) is 11.7. The van der Waals surface area contributed by atoms with E-state index in [9.17, 15) is 63.3 Å². The predicted molar refractivity (Wildman–Crippen MR) is 256 cm³/mol. The molecule has 7 amide bonds. The number of aliphatic hydroxyl groups is 1. The number of aliphatic hydroxyl groups excluding tert-OH is 1. The van der Waals surface area contributed by atoms with Gasteiger partial charge in [0.2, 0.25) is 41.4 Å². The molecule has 0 heterocycles. The van der Waals surface area contributed by atoms with Gasteiger partial charge in [0.1, 0.15) is 36.3 Å². The van der Waals surface area contributed by atoms with E-state index in [4.69, 9.17) is 10.8 Å². The van der Waals surface area contributed by atoms with Crippen LogP contribution in [0.25, 0.3) is 0 Å². The van der Waals surface area contributed by atoms with Crippen LogP contribution in [0.1, 0.15) is 105 Å². The van der Waals surface area contributed by atoms with Crippen molar-refractivity contribution >= 4 is 71.0 Å². The molecule has 23 heteroatoms. The lowest BCUT2D eigenvalue weighted by Gasteiger charge is -2.30. The average Bonchev–Trinajstić information content (AvgIpc) is 3.27. The van der Waals surface area contributed by atoms with E-state index in [0.717, 1.165) is 0 Å². The normalized spacial score (nSPS) is 15.6. The summed E-state index contributed by atoms with van der Waals surface area (Å²) >= 11 is 1.41. The number of nitrogens with two attached hydrogens (primary N) is 1. The molecule has 0 saturated heterocycles. The second-order valence-electron chi connectivity index (χ2n) is 17.9. The van der Waals surface area contributed by atoms with Gasteiger partial charge < -0.3 is 63.4 Å². The minimum atomic E-state index is -1.50. The number of rotatable bonds is 33. The lowest BCUT2D eigenvalue weighted by Crippen LogP contribution is -2.59. The molecular weight excluding hydrogens is 921 g/mol. The monoisotopic (exact) mass is 995 g/mol. The maximum Gasteiger partial charge on any atom is 0.326 e. The quantitative estimate of drug-likeness (QED) is 0.0442. The van der Waals surface area contributed by atoms with Crippen molar-refractivity contribution < 1.29 is 68.4 Å². The van der Waals surface area contributed by atoms with E-state index in [-0.39, 0.29) is 38.0 Å². The summed E-state index contributed by atoms with van der Waals surface area (Å²) in [6, 6.07) is -1.54. The van der Waals surface area contributed by atoms with Gasteiger partial charge in [0.05, 0.1) is 24.6 Å². The third-order valence-corrected chi connectivity index (χ3v) is 11.8. The Kier molecular flexibility index (Phi) is 27.8. The Hall–Kier alpha value is -5.81. The molecule has 0 fully saturated rings. The Morgan fingerprint density at radius 1 is 0.623 bits per heavy atom. The Bertz CT molecular complexity index is 1890. The summed E-state index contributed by atoms with van der Waals surface area (Å²) in [6.07, 6.45) is -1.13. The van der Waals surface area contributed by atoms with Crippen molar-refractivity contribution in [1.82, 2.24) is 37.2 Å². The van der Waals surface area contributed by atoms with Crippen molar-refractivity contribution in [1.29, 1.82) is 0 Å². The van der Waals surface area contributed by atoms with Gasteiger partial charge in [-0.2, -0.15) is 11.8 Å². The SMILES string of the molecule is CC[C@H](C)[C@H](NC(=O)C[C@H](O)[C@H](CC(C)C)NC(=O)[C@H](CCSC)NC(=O)[C@@H](NC(=O)[C@@H](N)CCC(=O)O)C(C)C)C(=O)N[C@@H](C)C(=O)N[C@@H](CCC(=O)O)C(=O)N[C@@H](Cc1ccccc1)C(=O)O. The van der Waals surface area contributed by atoms with Crippen molar-refractivity contribution in [3.8, 4) is 0 Å². The molecule has 0 aromatic heterocycles. The first-order chi connectivity index (χ1) is 32.3. The second-order valence-corrected chi connectivity index (χ2v) is 18.9. The number of hydrogen-bond acceptors (Lipinski definition) is 13. The topological polar surface area (TPSA) is 362 Å². The lowest BCUT2D eigenvalue weighted by molar-refractivity contribution is -0.143. The Morgan fingerprint density at radius 3 is 1.70 bits per heavy atom. The number of carbonyl (C=O) groups excluding carboxylic acids is 7. The molecule has 0 unspecified atom stereocenters. The van der Waals surface area contributed by atoms with E-state index in [2.05, 4.69) is 37.2 Å². The fourth-order valence-corrected chi connectivity index (χ4v) is 7.34. The minimum Gasteiger partial charge on any atom is -0.481 e. The molecule has 22 nitrogen and oxygen atoms in total. The molecular formula is C46H74N8O14S. The zero-order valence-electron chi connectivity index (χ0n) is 40.7. The van der Waals surface area contributed by atoms with Crippen molar-refractivity contribution in [2.24, 2.45) is 23.5 Å². The van der Waals surface area contributed by atoms with Crippen LogP contribution < -0.4 is 43.0 Å². The Labute approximate surface area is 407 Å². The first-order valence-electron chi connectivity index (χ1n) is 23.1. The van der Waals surface area contributed by atoms with Crippen LogP contribution in [-0.4, -0.2) is 146 Å².